The van der Waals surface area contributed by atoms with Gasteiger partial charge in [0.1, 0.15) is 22.9 Å². The molecule has 4 aromatic rings. The van der Waals surface area contributed by atoms with E-state index in [-0.39, 0.29) is 34.6 Å². The van der Waals surface area contributed by atoms with Crippen LogP contribution in [0.2, 0.25) is 0 Å². The number of aromatic nitrogens is 3. The van der Waals surface area contributed by atoms with Crippen LogP contribution in [-0.2, 0) is 4.79 Å². The summed E-state index contributed by atoms with van der Waals surface area (Å²) in [6.45, 7) is 0. The van der Waals surface area contributed by atoms with Gasteiger partial charge >= 0.3 is 0 Å². The summed E-state index contributed by atoms with van der Waals surface area (Å²) in [4.78, 5) is 30.0. The second-order valence-corrected chi connectivity index (χ2v) is 8.99. The lowest BCUT2D eigenvalue weighted by molar-refractivity contribution is -0.112. The van der Waals surface area contributed by atoms with Crippen molar-refractivity contribution in [1.82, 2.24) is 15.0 Å². The number of pyridine rings is 1. The van der Waals surface area contributed by atoms with Gasteiger partial charge in [-0.1, -0.05) is 0 Å². The number of nitrogens with zero attached hydrogens (tertiary/aromatic N) is 4. The highest BCUT2D eigenvalue weighted by Crippen LogP contribution is 2.36. The van der Waals surface area contributed by atoms with Gasteiger partial charge in [-0.05, 0) is 49.2 Å². The summed E-state index contributed by atoms with van der Waals surface area (Å²) in [5.41, 5.74) is 0.248. The van der Waals surface area contributed by atoms with Gasteiger partial charge in [-0.25, -0.2) is 14.4 Å². The molecule has 2 aromatic heterocycles. The Kier molecular flexibility index (Phi) is 7.81. The van der Waals surface area contributed by atoms with E-state index in [0.717, 1.165) is 25.0 Å². The molecular weight excluding hydrogens is 531 g/mol. The molecule has 1 fully saturated rings. The SMILES string of the molecule is COc1cc2nccc(Oc3cnc(NC(=O)C(C=NC4CC4)=C(O)C(=N)c4ccc(F)cc4)nc3)c2cc1OC. The number of allylic oxidation sites excluding steroid dienone is 1. The highest BCUT2D eigenvalue weighted by molar-refractivity contribution is 6.24. The number of carbonyl (C=O) groups is 1. The summed E-state index contributed by atoms with van der Waals surface area (Å²) >= 11 is 0. The van der Waals surface area contributed by atoms with E-state index < -0.39 is 17.5 Å². The quantitative estimate of drug-likeness (QED) is 0.140. The van der Waals surface area contributed by atoms with E-state index >= 15 is 0 Å². The standard InChI is InChI=1S/C29H25FN6O5/c1-39-24-11-20-22(12-25(24)40-2)32-10-9-23(20)41-19-13-34-29(35-14-19)36-28(38)21(15-33-18-7-8-18)27(37)26(31)16-3-5-17(30)6-4-16/h3-6,9-15,18,31,37H,7-8H2,1-2H3,(H,34,35,36,38). The first kappa shape index (κ1) is 27.2. The molecule has 2 aromatic carbocycles. The number of aliphatic imine (C=N–C) groups is 1. The Labute approximate surface area is 233 Å². The van der Waals surface area contributed by atoms with Gasteiger partial charge in [0, 0.05) is 29.4 Å². The number of amides is 1. The number of anilines is 1. The molecule has 1 amide bonds. The van der Waals surface area contributed by atoms with Crippen molar-refractivity contribution in [1.29, 1.82) is 5.41 Å². The lowest BCUT2D eigenvalue weighted by Gasteiger charge is -2.12. The van der Waals surface area contributed by atoms with E-state index in [2.05, 4.69) is 25.3 Å². The Morgan fingerprint density at radius 1 is 1.05 bits per heavy atom. The topological polar surface area (TPSA) is 152 Å². The predicted octanol–water partition coefficient (Wildman–Crippen LogP) is 5.03. The summed E-state index contributed by atoms with van der Waals surface area (Å²) in [7, 11) is 3.07. The molecule has 0 atom stereocenters. The zero-order chi connectivity index (χ0) is 28.9. The van der Waals surface area contributed by atoms with Gasteiger partial charge in [0.05, 0.1) is 38.2 Å². The minimum absolute atomic E-state index is 0.0589. The number of aliphatic hydroxyl groups excluding tert-OH is 1. The summed E-state index contributed by atoms with van der Waals surface area (Å²) < 4.78 is 30.0. The van der Waals surface area contributed by atoms with E-state index in [4.69, 9.17) is 19.6 Å². The fourth-order valence-electron chi connectivity index (χ4n) is 3.78. The average Bonchev–Trinajstić information content (AvgIpc) is 3.82. The van der Waals surface area contributed by atoms with Crippen LogP contribution in [-0.4, -0.2) is 58.2 Å². The van der Waals surface area contributed by atoms with Crippen LogP contribution in [0, 0.1) is 11.2 Å². The summed E-state index contributed by atoms with van der Waals surface area (Å²) in [6.07, 6.45) is 7.32. The van der Waals surface area contributed by atoms with Crippen molar-refractivity contribution < 1.29 is 28.5 Å². The molecule has 5 rings (SSSR count). The molecular formula is C29H25FN6O5. The molecule has 0 bridgehead atoms. The van der Waals surface area contributed by atoms with Gasteiger partial charge in [-0.2, -0.15) is 0 Å². The molecule has 0 spiro atoms. The molecule has 208 valence electrons. The van der Waals surface area contributed by atoms with Crippen molar-refractivity contribution >= 4 is 34.7 Å². The number of halogens is 1. The lowest BCUT2D eigenvalue weighted by atomic mass is 10.0. The summed E-state index contributed by atoms with van der Waals surface area (Å²) in [6, 6.07) is 10.2. The lowest BCUT2D eigenvalue weighted by Crippen LogP contribution is -2.21. The van der Waals surface area contributed by atoms with Crippen molar-refractivity contribution in [3.05, 3.63) is 83.8 Å². The average molecular weight is 557 g/mol. The van der Waals surface area contributed by atoms with Crippen molar-refractivity contribution in [3.8, 4) is 23.0 Å². The number of carbonyl (C=O) groups excluding carboxylic acids is 1. The van der Waals surface area contributed by atoms with E-state index in [1.54, 1.807) is 24.4 Å². The third-order valence-corrected chi connectivity index (χ3v) is 6.12. The summed E-state index contributed by atoms with van der Waals surface area (Å²) in [5.74, 6) is -0.130. The Bertz CT molecular complexity index is 1670. The highest BCUT2D eigenvalue weighted by atomic mass is 19.1. The molecule has 1 aliphatic carbocycles. The number of methoxy groups -OCH3 is 2. The zero-order valence-corrected chi connectivity index (χ0v) is 22.1. The fourth-order valence-corrected chi connectivity index (χ4v) is 3.78. The Hall–Kier alpha value is -5.39. The number of hydrogen-bond acceptors (Lipinski definition) is 10. The molecule has 0 aliphatic heterocycles. The van der Waals surface area contributed by atoms with Crippen molar-refractivity contribution in [3.63, 3.8) is 0 Å². The smallest absolute Gasteiger partial charge is 0.263 e. The van der Waals surface area contributed by atoms with E-state index in [1.807, 2.05) is 0 Å². The van der Waals surface area contributed by atoms with Gasteiger partial charge in [0.25, 0.3) is 5.91 Å². The number of hydrogen-bond donors (Lipinski definition) is 3. The third kappa shape index (κ3) is 6.27. The van der Waals surface area contributed by atoms with Crippen LogP contribution in [0.1, 0.15) is 18.4 Å². The van der Waals surface area contributed by atoms with Crippen molar-refractivity contribution in [2.24, 2.45) is 4.99 Å². The minimum atomic E-state index is -0.770. The first-order chi connectivity index (χ1) is 19.9. The normalized spacial score (nSPS) is 13.5. The second kappa shape index (κ2) is 11.8. The van der Waals surface area contributed by atoms with E-state index in [0.29, 0.717) is 28.2 Å². The van der Waals surface area contributed by atoms with Crippen molar-refractivity contribution in [2.75, 3.05) is 19.5 Å². The molecule has 0 saturated heterocycles. The number of fused-ring (bicyclic) bond motifs is 1. The molecule has 0 unspecified atom stereocenters. The van der Waals surface area contributed by atoms with Crippen LogP contribution >= 0.6 is 0 Å². The van der Waals surface area contributed by atoms with E-state index in [9.17, 15) is 14.3 Å². The van der Waals surface area contributed by atoms with Gasteiger partial charge < -0.3 is 19.3 Å². The van der Waals surface area contributed by atoms with Crippen LogP contribution in [0.15, 0.2) is 77.4 Å². The number of aliphatic hydroxyl groups is 1. The zero-order valence-electron chi connectivity index (χ0n) is 22.1. The number of rotatable bonds is 10. The van der Waals surface area contributed by atoms with Crippen LogP contribution in [0.4, 0.5) is 10.3 Å². The van der Waals surface area contributed by atoms with Crippen LogP contribution in [0.5, 0.6) is 23.0 Å². The van der Waals surface area contributed by atoms with Crippen LogP contribution < -0.4 is 19.5 Å². The fraction of sp³-hybridized carbons (Fsp3) is 0.172. The Balaban J connectivity index is 1.35. The van der Waals surface area contributed by atoms with Gasteiger partial charge in [0.15, 0.2) is 23.0 Å². The molecule has 1 saturated carbocycles. The summed E-state index contributed by atoms with van der Waals surface area (Å²) in [5, 5.41) is 22.3. The third-order valence-electron chi connectivity index (χ3n) is 6.12. The maximum atomic E-state index is 13.3. The molecule has 2 heterocycles. The largest absolute Gasteiger partial charge is 0.505 e. The predicted molar refractivity (Wildman–Crippen MR) is 150 cm³/mol. The monoisotopic (exact) mass is 556 g/mol. The molecule has 11 nitrogen and oxygen atoms in total. The highest BCUT2D eigenvalue weighted by Gasteiger charge is 2.23. The number of ether oxygens (including phenoxy) is 3. The van der Waals surface area contributed by atoms with Crippen molar-refractivity contribution in [2.45, 2.75) is 18.9 Å². The Morgan fingerprint density at radius 2 is 1.73 bits per heavy atom. The maximum Gasteiger partial charge on any atom is 0.263 e. The van der Waals surface area contributed by atoms with Crippen LogP contribution in [0.25, 0.3) is 10.9 Å². The first-order valence-electron chi connectivity index (χ1n) is 12.5. The first-order valence-corrected chi connectivity index (χ1v) is 12.5. The van der Waals surface area contributed by atoms with E-state index in [1.165, 1.54) is 45.0 Å². The van der Waals surface area contributed by atoms with Gasteiger partial charge in [-0.15, -0.1) is 0 Å². The maximum absolute atomic E-state index is 13.3. The van der Waals surface area contributed by atoms with Crippen LogP contribution in [0.3, 0.4) is 0 Å². The molecule has 41 heavy (non-hydrogen) atoms. The number of nitrogens with one attached hydrogen (secondary N) is 2. The molecule has 0 radical (unpaired) electrons. The van der Waals surface area contributed by atoms with Gasteiger partial charge in [0.2, 0.25) is 5.95 Å². The minimum Gasteiger partial charge on any atom is -0.505 e. The number of benzene rings is 2. The Morgan fingerprint density at radius 3 is 2.39 bits per heavy atom. The molecule has 3 N–H and O–H groups in total. The molecule has 12 heteroatoms. The van der Waals surface area contributed by atoms with Gasteiger partial charge in [-0.3, -0.25) is 25.5 Å². The second-order valence-electron chi connectivity index (χ2n) is 8.99. The molecule has 1 aliphatic rings.